The third-order valence-electron chi connectivity index (χ3n) is 1.77. The van der Waals surface area contributed by atoms with Crippen LogP contribution in [0.1, 0.15) is 12.5 Å². The number of allylic oxidation sites excluding steroid dienone is 2. The molecular weight excluding hydrogens is 268 g/mol. The Morgan fingerprint density at radius 2 is 2.25 bits per heavy atom. The van der Waals surface area contributed by atoms with Crippen molar-refractivity contribution in [1.82, 2.24) is 0 Å². The minimum Gasteiger partial charge on any atom is -0.463 e. The predicted octanol–water partition coefficient (Wildman–Crippen LogP) is 3.58. The molecule has 84 valence electrons. The van der Waals surface area contributed by atoms with Gasteiger partial charge in [0.1, 0.15) is 0 Å². The number of esters is 1. The van der Waals surface area contributed by atoms with E-state index in [1.807, 2.05) is 30.3 Å². The maximum absolute atomic E-state index is 11.0. The minimum absolute atomic E-state index is 0.318. The molecule has 1 aromatic rings. The summed E-state index contributed by atoms with van der Waals surface area (Å²) in [5.74, 6) is -0.318. The van der Waals surface area contributed by atoms with Crippen LogP contribution in [0, 0.1) is 0 Å². The van der Waals surface area contributed by atoms with Crippen LogP contribution in [0.15, 0.2) is 47.0 Å². The molecule has 0 heterocycles. The van der Waals surface area contributed by atoms with Crippen LogP contribution in [0.3, 0.4) is 0 Å². The van der Waals surface area contributed by atoms with E-state index < -0.39 is 0 Å². The number of hydrogen-bond acceptors (Lipinski definition) is 2. The topological polar surface area (TPSA) is 26.3 Å². The average Bonchev–Trinajstić information content (AvgIpc) is 2.25. The van der Waals surface area contributed by atoms with Crippen molar-refractivity contribution >= 4 is 28.0 Å². The Hall–Kier alpha value is -1.35. The second-order valence-electron chi connectivity index (χ2n) is 3.03. The number of carbonyl (C=O) groups excluding carboxylic acids is 1. The highest BCUT2D eigenvalue weighted by Crippen LogP contribution is 2.12. The Labute approximate surface area is 104 Å². The Kier molecular flexibility index (Phi) is 5.57. The van der Waals surface area contributed by atoms with Gasteiger partial charge in [-0.15, -0.1) is 0 Å². The molecule has 0 unspecified atom stereocenters. The summed E-state index contributed by atoms with van der Waals surface area (Å²) in [5.41, 5.74) is 1.07. The predicted molar refractivity (Wildman–Crippen MR) is 68.9 cm³/mol. The lowest BCUT2D eigenvalue weighted by Crippen LogP contribution is -1.98. The molecule has 1 aromatic carbocycles. The monoisotopic (exact) mass is 280 g/mol. The first-order valence-corrected chi connectivity index (χ1v) is 5.78. The Bertz CT molecular complexity index is 408. The van der Waals surface area contributed by atoms with Crippen molar-refractivity contribution in [2.45, 2.75) is 6.92 Å². The first-order chi connectivity index (χ1) is 7.72. The van der Waals surface area contributed by atoms with E-state index in [1.165, 1.54) is 6.08 Å². The summed E-state index contributed by atoms with van der Waals surface area (Å²) in [6, 6.07) is 7.90. The molecule has 0 N–H and O–H groups in total. The molecular formula is C13H13BrO2. The maximum Gasteiger partial charge on any atom is 0.330 e. The van der Waals surface area contributed by atoms with Crippen LogP contribution in [-0.2, 0) is 9.53 Å². The lowest BCUT2D eigenvalue weighted by atomic mass is 10.2. The van der Waals surface area contributed by atoms with Gasteiger partial charge in [-0.3, -0.25) is 0 Å². The summed E-state index contributed by atoms with van der Waals surface area (Å²) >= 11 is 3.39. The molecule has 0 spiro atoms. The zero-order chi connectivity index (χ0) is 11.8. The molecule has 0 saturated heterocycles. The van der Waals surface area contributed by atoms with Crippen LogP contribution in [-0.4, -0.2) is 12.6 Å². The zero-order valence-electron chi connectivity index (χ0n) is 9.02. The van der Waals surface area contributed by atoms with Gasteiger partial charge < -0.3 is 4.74 Å². The summed E-state index contributed by atoms with van der Waals surface area (Å²) in [6.45, 7) is 2.18. The molecule has 0 aliphatic carbocycles. The van der Waals surface area contributed by atoms with Gasteiger partial charge in [0.25, 0.3) is 0 Å². The molecule has 0 atom stereocenters. The Balaban J connectivity index is 2.52. The fourth-order valence-electron chi connectivity index (χ4n) is 1.10. The van der Waals surface area contributed by atoms with Crippen LogP contribution in [0.4, 0.5) is 0 Å². The van der Waals surface area contributed by atoms with Gasteiger partial charge in [0.15, 0.2) is 0 Å². The summed E-state index contributed by atoms with van der Waals surface area (Å²) in [7, 11) is 0. The molecule has 1 rings (SSSR count). The lowest BCUT2D eigenvalue weighted by Gasteiger charge is -1.93. The standard InChI is InChI=1S/C13H13BrO2/c1-2-16-13(15)9-4-3-6-11-7-5-8-12(14)10-11/h3-10H,2H2,1H3/b6-3+,9-4+. The van der Waals surface area contributed by atoms with Crippen molar-refractivity contribution in [3.63, 3.8) is 0 Å². The Morgan fingerprint density at radius 1 is 1.44 bits per heavy atom. The highest BCUT2D eigenvalue weighted by atomic mass is 79.9. The van der Waals surface area contributed by atoms with Gasteiger partial charge in [0, 0.05) is 10.5 Å². The quantitative estimate of drug-likeness (QED) is 0.479. The van der Waals surface area contributed by atoms with Gasteiger partial charge in [-0.1, -0.05) is 46.3 Å². The van der Waals surface area contributed by atoms with E-state index in [9.17, 15) is 4.79 Å². The summed E-state index contributed by atoms with van der Waals surface area (Å²) in [4.78, 5) is 11.0. The van der Waals surface area contributed by atoms with Gasteiger partial charge in [-0.2, -0.15) is 0 Å². The summed E-state index contributed by atoms with van der Waals surface area (Å²) < 4.78 is 5.78. The number of ether oxygens (including phenoxy) is 1. The van der Waals surface area contributed by atoms with Gasteiger partial charge in [-0.05, 0) is 24.6 Å². The second kappa shape index (κ2) is 7.01. The molecule has 0 aliphatic rings. The molecule has 3 heteroatoms. The van der Waals surface area contributed by atoms with E-state index in [0.29, 0.717) is 6.61 Å². The van der Waals surface area contributed by atoms with Crippen molar-refractivity contribution in [3.8, 4) is 0 Å². The van der Waals surface area contributed by atoms with Crippen LogP contribution in [0.2, 0.25) is 0 Å². The number of hydrogen-bond donors (Lipinski definition) is 0. The smallest absolute Gasteiger partial charge is 0.330 e. The van der Waals surface area contributed by atoms with Gasteiger partial charge in [0.2, 0.25) is 0 Å². The fourth-order valence-corrected chi connectivity index (χ4v) is 1.52. The van der Waals surface area contributed by atoms with E-state index in [2.05, 4.69) is 15.9 Å². The molecule has 2 nitrogen and oxygen atoms in total. The number of carbonyl (C=O) groups is 1. The maximum atomic E-state index is 11.0. The third-order valence-corrected chi connectivity index (χ3v) is 2.26. The van der Waals surface area contributed by atoms with Gasteiger partial charge in [0.05, 0.1) is 6.61 Å². The highest BCUT2D eigenvalue weighted by molar-refractivity contribution is 9.10. The average molecular weight is 281 g/mol. The van der Waals surface area contributed by atoms with Crippen molar-refractivity contribution in [2.75, 3.05) is 6.61 Å². The molecule has 0 saturated carbocycles. The number of rotatable bonds is 4. The molecule has 16 heavy (non-hydrogen) atoms. The second-order valence-corrected chi connectivity index (χ2v) is 3.94. The normalized spacial score (nSPS) is 11.1. The van der Waals surface area contributed by atoms with Crippen LogP contribution >= 0.6 is 15.9 Å². The zero-order valence-corrected chi connectivity index (χ0v) is 10.6. The lowest BCUT2D eigenvalue weighted by molar-refractivity contribution is -0.137. The molecule has 0 aliphatic heterocycles. The van der Waals surface area contributed by atoms with E-state index >= 15 is 0 Å². The highest BCUT2D eigenvalue weighted by Gasteiger charge is 1.90. The molecule has 0 aromatic heterocycles. The van der Waals surface area contributed by atoms with Crippen LogP contribution in [0.25, 0.3) is 6.08 Å². The van der Waals surface area contributed by atoms with E-state index in [0.717, 1.165) is 10.0 Å². The van der Waals surface area contributed by atoms with Gasteiger partial charge in [-0.25, -0.2) is 4.79 Å². The fraction of sp³-hybridized carbons (Fsp3) is 0.154. The molecule has 0 bridgehead atoms. The van der Waals surface area contributed by atoms with Crippen LogP contribution < -0.4 is 0 Å². The first-order valence-electron chi connectivity index (χ1n) is 4.99. The van der Waals surface area contributed by atoms with Crippen molar-refractivity contribution in [3.05, 3.63) is 52.5 Å². The molecule has 0 fully saturated rings. The van der Waals surface area contributed by atoms with E-state index in [-0.39, 0.29) is 5.97 Å². The molecule has 0 amide bonds. The van der Waals surface area contributed by atoms with Gasteiger partial charge >= 0.3 is 5.97 Å². The summed E-state index contributed by atoms with van der Waals surface area (Å²) in [5, 5.41) is 0. The SMILES string of the molecule is CCOC(=O)/C=C/C=C/c1cccc(Br)c1. The van der Waals surface area contributed by atoms with Crippen LogP contribution in [0.5, 0.6) is 0 Å². The van der Waals surface area contributed by atoms with E-state index in [4.69, 9.17) is 4.74 Å². The number of benzene rings is 1. The van der Waals surface area contributed by atoms with Crippen molar-refractivity contribution in [2.24, 2.45) is 0 Å². The van der Waals surface area contributed by atoms with Crippen molar-refractivity contribution < 1.29 is 9.53 Å². The van der Waals surface area contributed by atoms with Crippen molar-refractivity contribution in [1.29, 1.82) is 0 Å². The largest absolute Gasteiger partial charge is 0.463 e. The third kappa shape index (κ3) is 4.94. The summed E-state index contributed by atoms with van der Waals surface area (Å²) in [6.07, 6.45) is 6.79. The minimum atomic E-state index is -0.318. The number of halogens is 1. The first kappa shape index (κ1) is 12.7. The van der Waals surface area contributed by atoms with E-state index in [1.54, 1.807) is 19.1 Å². The molecule has 0 radical (unpaired) electrons. The Morgan fingerprint density at radius 3 is 2.94 bits per heavy atom.